The van der Waals surface area contributed by atoms with E-state index in [1.807, 2.05) is 0 Å². The van der Waals surface area contributed by atoms with Crippen LogP contribution in [-0.4, -0.2) is 23.7 Å². The van der Waals surface area contributed by atoms with Crippen LogP contribution in [0.25, 0.3) is 0 Å². The molecule has 3 rings (SSSR count). The predicted molar refractivity (Wildman–Crippen MR) is 88.5 cm³/mol. The average molecular weight is 326 g/mol. The van der Waals surface area contributed by atoms with Gasteiger partial charge in [0.2, 0.25) is 0 Å². The molecule has 24 heavy (non-hydrogen) atoms. The largest absolute Gasteiger partial charge is 0.354 e. The van der Waals surface area contributed by atoms with E-state index in [4.69, 9.17) is 0 Å². The molecule has 4 nitrogen and oxygen atoms in total. The van der Waals surface area contributed by atoms with Crippen LogP contribution in [0, 0.1) is 11.7 Å². The van der Waals surface area contributed by atoms with Gasteiger partial charge in [-0.25, -0.2) is 9.37 Å². The van der Waals surface area contributed by atoms with Crippen molar-refractivity contribution in [2.75, 3.05) is 7.05 Å². The fourth-order valence-corrected chi connectivity index (χ4v) is 2.64. The summed E-state index contributed by atoms with van der Waals surface area (Å²) in [4.78, 5) is 28.7. The van der Waals surface area contributed by atoms with Gasteiger partial charge in [0.05, 0.1) is 0 Å². The summed E-state index contributed by atoms with van der Waals surface area (Å²) in [5, 5.41) is 2.53. The lowest BCUT2D eigenvalue weighted by Gasteiger charge is -2.08. The van der Waals surface area contributed by atoms with E-state index >= 15 is 0 Å². The minimum atomic E-state index is -0.337. The Bertz CT molecular complexity index is 785. The monoisotopic (exact) mass is 326 g/mol. The molecule has 0 radical (unpaired) electrons. The number of halogens is 1. The molecule has 124 valence electrons. The number of rotatable bonds is 6. The van der Waals surface area contributed by atoms with E-state index in [-0.39, 0.29) is 23.2 Å². The lowest BCUT2D eigenvalue weighted by molar-refractivity contribution is 0.0958. The summed E-state index contributed by atoms with van der Waals surface area (Å²) in [5.41, 5.74) is 2.05. The van der Waals surface area contributed by atoms with Crippen molar-refractivity contribution in [2.24, 2.45) is 5.92 Å². The van der Waals surface area contributed by atoms with Gasteiger partial charge in [-0.2, -0.15) is 0 Å². The number of nitrogens with zero attached hydrogens (tertiary/aromatic N) is 1. The molecule has 0 unspecified atom stereocenters. The number of carbonyl (C=O) groups is 2. The molecule has 1 aliphatic carbocycles. The van der Waals surface area contributed by atoms with Gasteiger partial charge in [0.15, 0.2) is 5.78 Å². The Morgan fingerprint density at radius 2 is 2.04 bits per heavy atom. The number of pyridine rings is 1. The quantitative estimate of drug-likeness (QED) is 0.830. The first-order valence-electron chi connectivity index (χ1n) is 8.06. The molecular weight excluding hydrogens is 307 g/mol. The van der Waals surface area contributed by atoms with E-state index in [0.29, 0.717) is 30.0 Å². The summed E-state index contributed by atoms with van der Waals surface area (Å²) in [6.45, 7) is 0. The molecule has 1 fully saturated rings. The van der Waals surface area contributed by atoms with Crippen molar-refractivity contribution in [3.8, 4) is 0 Å². The van der Waals surface area contributed by atoms with Crippen LogP contribution in [0.15, 0.2) is 36.4 Å². The molecule has 1 aromatic carbocycles. The Morgan fingerprint density at radius 3 is 2.71 bits per heavy atom. The Morgan fingerprint density at radius 1 is 1.25 bits per heavy atom. The maximum Gasteiger partial charge on any atom is 0.269 e. The van der Waals surface area contributed by atoms with Crippen molar-refractivity contribution in [2.45, 2.75) is 25.7 Å². The van der Waals surface area contributed by atoms with E-state index in [0.717, 1.165) is 18.4 Å². The van der Waals surface area contributed by atoms with Gasteiger partial charge in [-0.3, -0.25) is 9.59 Å². The molecule has 1 N–H and O–H groups in total. The van der Waals surface area contributed by atoms with Crippen LogP contribution in [-0.2, 0) is 6.42 Å². The van der Waals surface area contributed by atoms with Crippen molar-refractivity contribution < 1.29 is 14.0 Å². The van der Waals surface area contributed by atoms with E-state index in [2.05, 4.69) is 10.3 Å². The Balaban J connectivity index is 1.91. The first-order valence-corrected chi connectivity index (χ1v) is 8.06. The minimum Gasteiger partial charge on any atom is -0.354 e. The molecule has 0 saturated heterocycles. The van der Waals surface area contributed by atoms with Crippen LogP contribution in [0.2, 0.25) is 0 Å². The molecule has 1 saturated carbocycles. The number of Topliss-reactive ketones (excluding diaryl/α,β-unsaturated/α-hetero) is 1. The summed E-state index contributed by atoms with van der Waals surface area (Å²) in [6, 6.07) is 9.48. The second-order valence-corrected chi connectivity index (χ2v) is 6.19. The second kappa shape index (κ2) is 6.91. The Hall–Kier alpha value is -2.56. The molecule has 0 aliphatic heterocycles. The van der Waals surface area contributed by atoms with Gasteiger partial charge in [-0.1, -0.05) is 12.1 Å². The smallest absolute Gasteiger partial charge is 0.269 e. The summed E-state index contributed by atoms with van der Waals surface area (Å²) >= 11 is 0. The number of hydrogen-bond donors (Lipinski definition) is 1. The van der Waals surface area contributed by atoms with Gasteiger partial charge in [-0.05, 0) is 48.6 Å². The molecule has 1 heterocycles. The topological polar surface area (TPSA) is 59.1 Å². The Labute approximate surface area is 140 Å². The van der Waals surface area contributed by atoms with E-state index < -0.39 is 0 Å². The number of amides is 1. The third-order valence-electron chi connectivity index (χ3n) is 4.11. The van der Waals surface area contributed by atoms with Crippen LogP contribution in [0.5, 0.6) is 0 Å². The third kappa shape index (κ3) is 4.04. The zero-order valence-electron chi connectivity index (χ0n) is 13.5. The van der Waals surface area contributed by atoms with Gasteiger partial charge in [-0.15, -0.1) is 0 Å². The van der Waals surface area contributed by atoms with E-state index in [1.54, 1.807) is 24.3 Å². The number of nitrogens with one attached hydrogen (secondary N) is 1. The van der Waals surface area contributed by atoms with Crippen molar-refractivity contribution in [1.82, 2.24) is 10.3 Å². The molecule has 5 heteroatoms. The lowest BCUT2D eigenvalue weighted by atomic mass is 10.0. The zero-order valence-corrected chi connectivity index (χ0v) is 13.5. The van der Waals surface area contributed by atoms with Crippen LogP contribution in [0.1, 0.15) is 51.4 Å². The normalized spacial score (nSPS) is 13.6. The maximum atomic E-state index is 13.4. The SMILES string of the molecule is CNC(=O)c1cc(C(=O)CC2CC2)cc(Cc2cccc(F)c2)n1. The number of ketones is 1. The molecule has 0 atom stereocenters. The molecule has 0 bridgehead atoms. The van der Waals surface area contributed by atoms with Crippen molar-refractivity contribution >= 4 is 11.7 Å². The number of aromatic nitrogens is 1. The number of carbonyl (C=O) groups excluding carboxylic acids is 2. The van der Waals surface area contributed by atoms with Gasteiger partial charge in [0.1, 0.15) is 11.5 Å². The zero-order chi connectivity index (χ0) is 17.1. The highest BCUT2D eigenvalue weighted by atomic mass is 19.1. The number of hydrogen-bond acceptors (Lipinski definition) is 3. The average Bonchev–Trinajstić information content (AvgIpc) is 3.37. The van der Waals surface area contributed by atoms with Crippen molar-refractivity contribution in [3.63, 3.8) is 0 Å². The second-order valence-electron chi connectivity index (χ2n) is 6.19. The highest BCUT2D eigenvalue weighted by Crippen LogP contribution is 2.33. The first kappa shape index (κ1) is 16.3. The van der Waals surface area contributed by atoms with E-state index in [9.17, 15) is 14.0 Å². The molecule has 1 amide bonds. The Kier molecular flexibility index (Phi) is 4.69. The molecule has 0 spiro atoms. The van der Waals surface area contributed by atoms with Crippen molar-refractivity contribution in [3.05, 3.63) is 64.7 Å². The molecule has 1 aromatic heterocycles. The summed E-state index contributed by atoms with van der Waals surface area (Å²) in [7, 11) is 1.52. The minimum absolute atomic E-state index is 0.0329. The number of benzene rings is 1. The van der Waals surface area contributed by atoms with Crippen LogP contribution in [0.4, 0.5) is 4.39 Å². The lowest BCUT2D eigenvalue weighted by Crippen LogP contribution is -2.20. The van der Waals surface area contributed by atoms with Gasteiger partial charge < -0.3 is 5.32 Å². The summed E-state index contributed by atoms with van der Waals surface area (Å²) < 4.78 is 13.4. The van der Waals surface area contributed by atoms with E-state index in [1.165, 1.54) is 19.2 Å². The molecule has 2 aromatic rings. The first-order chi connectivity index (χ1) is 11.5. The highest BCUT2D eigenvalue weighted by Gasteiger charge is 2.25. The van der Waals surface area contributed by atoms with Gasteiger partial charge in [0.25, 0.3) is 5.91 Å². The fraction of sp³-hybridized carbons (Fsp3) is 0.316. The van der Waals surface area contributed by atoms with Crippen LogP contribution >= 0.6 is 0 Å². The molecule has 1 aliphatic rings. The van der Waals surface area contributed by atoms with Crippen LogP contribution in [0.3, 0.4) is 0 Å². The van der Waals surface area contributed by atoms with Gasteiger partial charge >= 0.3 is 0 Å². The standard InChI is InChI=1S/C19H19FN2O2/c1-21-19(24)17-11-14(18(23)9-12-5-6-12)10-16(22-17)8-13-3-2-4-15(20)7-13/h2-4,7,10-12H,5-6,8-9H2,1H3,(H,21,24). The van der Waals surface area contributed by atoms with Crippen LogP contribution < -0.4 is 5.32 Å². The van der Waals surface area contributed by atoms with Crippen molar-refractivity contribution in [1.29, 1.82) is 0 Å². The predicted octanol–water partition coefficient (Wildman–Crippen LogP) is 3.15. The summed E-state index contributed by atoms with van der Waals surface area (Å²) in [6.07, 6.45) is 3.06. The fourth-order valence-electron chi connectivity index (χ4n) is 2.64. The maximum absolute atomic E-state index is 13.4. The third-order valence-corrected chi connectivity index (χ3v) is 4.11. The van der Waals surface area contributed by atoms with Gasteiger partial charge in [0, 0.05) is 31.1 Å². The summed E-state index contributed by atoms with van der Waals surface area (Å²) in [5.74, 6) is -0.150. The highest BCUT2D eigenvalue weighted by molar-refractivity contribution is 5.99. The molecular formula is C19H19FN2O2.